The number of phenols is 4. The average Bonchev–Trinajstić information content (AvgIpc) is 3.04. The smallest absolute Gasteiger partial charge is 0.115 e. The summed E-state index contributed by atoms with van der Waals surface area (Å²) in [5, 5.41) is 38.1. The molecule has 4 aromatic rings. The minimum Gasteiger partial charge on any atom is -0.508 e. The zero-order valence-electron chi connectivity index (χ0n) is 27.0. The molecule has 2 atom stereocenters. The van der Waals surface area contributed by atoms with Crippen molar-refractivity contribution in [3.8, 4) is 23.0 Å². The molecule has 4 aromatic carbocycles. The lowest BCUT2D eigenvalue weighted by molar-refractivity contribution is 0.474. The molecule has 4 N–H and O–H groups in total. The zero-order valence-corrected chi connectivity index (χ0v) is 27.0. The van der Waals surface area contributed by atoms with Gasteiger partial charge in [-0.1, -0.05) is 90.1 Å². The summed E-state index contributed by atoms with van der Waals surface area (Å²) < 4.78 is 0. The monoisotopic (exact) mass is 592 g/mol. The Bertz CT molecular complexity index is 1390. The number of phenolic OH excluding ortho intramolecular Hbond substituents is 4. The minimum absolute atomic E-state index is 0.284. The topological polar surface area (TPSA) is 80.9 Å². The third-order valence-electron chi connectivity index (χ3n) is 8.36. The van der Waals surface area contributed by atoms with Crippen molar-refractivity contribution in [1.29, 1.82) is 0 Å². The number of aromatic hydroxyl groups is 4. The van der Waals surface area contributed by atoms with Crippen molar-refractivity contribution in [1.82, 2.24) is 0 Å². The quantitative estimate of drug-likeness (QED) is 0.138. The predicted molar refractivity (Wildman–Crippen MR) is 186 cm³/mol. The molecule has 0 amide bonds. The van der Waals surface area contributed by atoms with E-state index in [-0.39, 0.29) is 23.0 Å². The van der Waals surface area contributed by atoms with E-state index in [1.807, 2.05) is 48.5 Å². The summed E-state index contributed by atoms with van der Waals surface area (Å²) in [6.07, 6.45) is 3.95. The molecular weight excluding hydrogens is 544 g/mol. The first kappa shape index (κ1) is 34.1. The maximum Gasteiger partial charge on any atom is 0.115 e. The number of rotatable bonds is 10. The van der Waals surface area contributed by atoms with Crippen molar-refractivity contribution < 1.29 is 20.4 Å². The number of hydrogen-bond acceptors (Lipinski definition) is 4. The van der Waals surface area contributed by atoms with Crippen LogP contribution in [0.3, 0.4) is 0 Å². The summed E-state index contributed by atoms with van der Waals surface area (Å²) in [5.74, 6) is 1.97. The molecule has 2 unspecified atom stereocenters. The van der Waals surface area contributed by atoms with E-state index in [0.717, 1.165) is 47.9 Å². The van der Waals surface area contributed by atoms with Crippen LogP contribution in [0.1, 0.15) is 89.5 Å². The van der Waals surface area contributed by atoms with E-state index in [4.69, 9.17) is 0 Å². The molecule has 4 rings (SSSR count). The van der Waals surface area contributed by atoms with Gasteiger partial charge >= 0.3 is 0 Å². The summed E-state index contributed by atoms with van der Waals surface area (Å²) in [6.45, 7) is 13.2. The van der Waals surface area contributed by atoms with Gasteiger partial charge in [0.25, 0.3) is 0 Å². The Hall–Kier alpha value is -4.44. The molecule has 0 fully saturated rings. The number of benzene rings is 4. The van der Waals surface area contributed by atoms with Crippen molar-refractivity contribution in [3.05, 3.63) is 119 Å². The molecule has 0 heterocycles. The van der Waals surface area contributed by atoms with Crippen LogP contribution in [0.2, 0.25) is 0 Å². The summed E-state index contributed by atoms with van der Waals surface area (Å²) in [6, 6.07) is 29.7. The fourth-order valence-corrected chi connectivity index (χ4v) is 5.61. The maximum atomic E-state index is 9.63. The largest absolute Gasteiger partial charge is 0.508 e. The number of hydrogen-bond donors (Lipinski definition) is 4. The molecule has 0 bridgehead atoms. The van der Waals surface area contributed by atoms with Crippen LogP contribution in [0.25, 0.3) is 22.3 Å². The molecule has 0 spiro atoms. The van der Waals surface area contributed by atoms with E-state index in [1.54, 1.807) is 48.5 Å². The van der Waals surface area contributed by atoms with Crippen molar-refractivity contribution in [2.75, 3.05) is 0 Å². The highest BCUT2D eigenvalue weighted by atomic mass is 16.3. The highest BCUT2D eigenvalue weighted by Crippen LogP contribution is 2.40. The Kier molecular flexibility index (Phi) is 12.7. The summed E-state index contributed by atoms with van der Waals surface area (Å²) in [7, 11) is 0. The highest BCUT2D eigenvalue weighted by molar-refractivity contribution is 5.93. The van der Waals surface area contributed by atoms with Gasteiger partial charge in [0.05, 0.1) is 0 Å². The Labute approximate surface area is 263 Å². The van der Waals surface area contributed by atoms with Gasteiger partial charge in [0.1, 0.15) is 23.0 Å². The van der Waals surface area contributed by atoms with Crippen LogP contribution in [0, 0.1) is 11.8 Å². The molecule has 0 aromatic heterocycles. The lowest BCUT2D eigenvalue weighted by atomic mass is 9.79. The van der Waals surface area contributed by atoms with E-state index >= 15 is 0 Å². The van der Waals surface area contributed by atoms with Crippen molar-refractivity contribution in [2.24, 2.45) is 11.8 Å². The first-order valence-corrected chi connectivity index (χ1v) is 15.8. The summed E-state index contributed by atoms with van der Waals surface area (Å²) >= 11 is 0. The molecule has 232 valence electrons. The first-order valence-electron chi connectivity index (χ1n) is 15.8. The predicted octanol–water partition coefficient (Wildman–Crippen LogP) is 10.9. The van der Waals surface area contributed by atoms with Crippen LogP contribution >= 0.6 is 0 Å². The van der Waals surface area contributed by atoms with E-state index in [1.165, 1.54) is 22.3 Å². The van der Waals surface area contributed by atoms with Gasteiger partial charge in [-0.15, -0.1) is 0 Å². The minimum atomic E-state index is 0.284. The van der Waals surface area contributed by atoms with Gasteiger partial charge in [-0.2, -0.15) is 0 Å². The van der Waals surface area contributed by atoms with Crippen LogP contribution in [0.15, 0.2) is 97.1 Å². The third kappa shape index (κ3) is 8.79. The average molecular weight is 593 g/mol. The van der Waals surface area contributed by atoms with E-state index in [9.17, 15) is 20.4 Å². The summed E-state index contributed by atoms with van der Waals surface area (Å²) in [5.41, 5.74) is 9.80. The fraction of sp³-hybridized carbons (Fsp3) is 0.300. The van der Waals surface area contributed by atoms with Gasteiger partial charge in [-0.3, -0.25) is 0 Å². The highest BCUT2D eigenvalue weighted by Gasteiger charge is 2.20. The molecule has 0 saturated heterocycles. The van der Waals surface area contributed by atoms with Gasteiger partial charge in [0.2, 0.25) is 0 Å². The van der Waals surface area contributed by atoms with Gasteiger partial charge in [-0.05, 0) is 131 Å². The standard InChI is InChI=1S/C22H28O2.C18H20O2/c1-5-15(3)21(17-7-11-19(23)12-8-17)22(16(4)6-2)18-9-13-20(24)14-10-18;1-3-17(13-5-9-15(19)10-6-13)18(4-2)14-7-11-16(20)12-8-14/h7-16,23-24H,5-6H2,1-4H3;5-12,19-20H,3-4H2,1-2H3/b22-21+;18-17+. The maximum absolute atomic E-state index is 9.63. The van der Waals surface area contributed by atoms with Gasteiger partial charge < -0.3 is 20.4 Å². The van der Waals surface area contributed by atoms with Crippen LogP contribution < -0.4 is 0 Å². The molecule has 44 heavy (non-hydrogen) atoms. The van der Waals surface area contributed by atoms with Crippen LogP contribution in [0.4, 0.5) is 0 Å². The fourth-order valence-electron chi connectivity index (χ4n) is 5.61. The molecule has 0 aliphatic rings. The molecule has 4 heteroatoms. The van der Waals surface area contributed by atoms with Crippen LogP contribution in [-0.4, -0.2) is 20.4 Å². The molecule has 0 radical (unpaired) electrons. The van der Waals surface area contributed by atoms with E-state index < -0.39 is 0 Å². The molecule has 4 nitrogen and oxygen atoms in total. The van der Waals surface area contributed by atoms with Crippen molar-refractivity contribution >= 4 is 22.3 Å². The Morgan fingerprint density at radius 3 is 0.841 bits per heavy atom. The van der Waals surface area contributed by atoms with E-state index in [2.05, 4.69) is 41.5 Å². The third-order valence-corrected chi connectivity index (χ3v) is 8.36. The second-order valence-electron chi connectivity index (χ2n) is 11.3. The number of allylic oxidation sites excluding steroid dienone is 4. The Balaban J connectivity index is 0.000000244. The normalized spacial score (nSPS) is 13.6. The second-order valence-corrected chi connectivity index (χ2v) is 11.3. The lowest BCUT2D eigenvalue weighted by Gasteiger charge is -2.25. The van der Waals surface area contributed by atoms with Gasteiger partial charge in [-0.25, -0.2) is 0 Å². The molecule has 0 aliphatic heterocycles. The van der Waals surface area contributed by atoms with E-state index in [0.29, 0.717) is 11.8 Å². The SMILES string of the molecule is CC/C(=C(/CC)c1ccc(O)cc1)c1ccc(O)cc1.CCC(C)/C(=C(\c1ccc(O)cc1)C(C)CC)c1ccc(O)cc1. The zero-order chi connectivity index (χ0) is 32.2. The molecular formula is C40H48O4. The van der Waals surface area contributed by atoms with Crippen LogP contribution in [-0.2, 0) is 0 Å². The Morgan fingerprint density at radius 2 is 0.636 bits per heavy atom. The van der Waals surface area contributed by atoms with Crippen molar-refractivity contribution in [3.63, 3.8) is 0 Å². The molecule has 0 saturated carbocycles. The first-order chi connectivity index (χ1) is 21.1. The second kappa shape index (κ2) is 16.4. The Morgan fingerprint density at radius 1 is 0.409 bits per heavy atom. The molecule has 0 aliphatic carbocycles. The van der Waals surface area contributed by atoms with Gasteiger partial charge in [0.15, 0.2) is 0 Å². The van der Waals surface area contributed by atoms with Crippen LogP contribution in [0.5, 0.6) is 23.0 Å². The van der Waals surface area contributed by atoms with Crippen molar-refractivity contribution in [2.45, 2.75) is 67.2 Å². The van der Waals surface area contributed by atoms with Gasteiger partial charge in [0, 0.05) is 0 Å². The summed E-state index contributed by atoms with van der Waals surface area (Å²) in [4.78, 5) is 0. The lowest BCUT2D eigenvalue weighted by Crippen LogP contribution is -2.07.